The molecule has 1 N–H and O–H groups in total. The van der Waals surface area contributed by atoms with Crippen LogP contribution in [0.4, 0.5) is 0 Å². The van der Waals surface area contributed by atoms with E-state index >= 15 is 0 Å². The molecule has 6 nitrogen and oxygen atoms in total. The number of aromatic amines is 1. The van der Waals surface area contributed by atoms with Crippen LogP contribution in [0.3, 0.4) is 0 Å². The Morgan fingerprint density at radius 3 is 2.43 bits per heavy atom. The molecule has 0 aliphatic rings. The Labute approximate surface area is 165 Å². The zero-order chi connectivity index (χ0) is 19.7. The third kappa shape index (κ3) is 2.99. The molecule has 0 amide bonds. The standard InChI is InChI=1S/C21H18N2O4S/c1-25-16-8-12(9-17(26-2)20(16)27-3)19(24)15-10-22-21(23-15)14-11-28-18-7-5-4-6-13(14)18/h4-11H,1-3H3,(H,22,23). The van der Waals surface area contributed by atoms with Gasteiger partial charge in [-0.05, 0) is 18.2 Å². The van der Waals surface area contributed by atoms with Gasteiger partial charge in [-0.1, -0.05) is 18.2 Å². The summed E-state index contributed by atoms with van der Waals surface area (Å²) in [4.78, 5) is 20.6. The first kappa shape index (κ1) is 18.1. The molecule has 0 radical (unpaired) electrons. The highest BCUT2D eigenvalue weighted by atomic mass is 32.1. The predicted molar refractivity (Wildman–Crippen MR) is 109 cm³/mol. The fraction of sp³-hybridized carbons (Fsp3) is 0.143. The van der Waals surface area contributed by atoms with Crippen LogP contribution in [0.25, 0.3) is 21.5 Å². The normalized spacial score (nSPS) is 10.8. The third-order valence-electron chi connectivity index (χ3n) is 4.48. The fourth-order valence-electron chi connectivity index (χ4n) is 3.10. The number of nitrogens with one attached hydrogen (secondary N) is 1. The van der Waals surface area contributed by atoms with Crippen LogP contribution in [-0.4, -0.2) is 37.1 Å². The van der Waals surface area contributed by atoms with Gasteiger partial charge >= 0.3 is 0 Å². The van der Waals surface area contributed by atoms with E-state index in [4.69, 9.17) is 14.2 Å². The lowest BCUT2D eigenvalue weighted by Gasteiger charge is -2.13. The molecule has 0 saturated heterocycles. The summed E-state index contributed by atoms with van der Waals surface area (Å²) in [5, 5.41) is 3.14. The lowest BCUT2D eigenvalue weighted by Crippen LogP contribution is -2.04. The molecule has 0 fully saturated rings. The average molecular weight is 394 g/mol. The van der Waals surface area contributed by atoms with E-state index in [1.54, 1.807) is 29.7 Å². The summed E-state index contributed by atoms with van der Waals surface area (Å²) >= 11 is 1.64. The van der Waals surface area contributed by atoms with Gasteiger partial charge in [0.2, 0.25) is 11.5 Å². The van der Waals surface area contributed by atoms with Crippen molar-refractivity contribution >= 4 is 27.2 Å². The molecule has 2 heterocycles. The number of ether oxygens (including phenoxy) is 3. The molecule has 28 heavy (non-hydrogen) atoms. The Hall–Kier alpha value is -3.32. The molecule has 142 valence electrons. The summed E-state index contributed by atoms with van der Waals surface area (Å²) in [6, 6.07) is 11.4. The van der Waals surface area contributed by atoms with Crippen LogP contribution < -0.4 is 14.2 Å². The molecule has 0 saturated carbocycles. The largest absolute Gasteiger partial charge is 0.493 e. The van der Waals surface area contributed by atoms with Crippen molar-refractivity contribution in [3.8, 4) is 28.6 Å². The van der Waals surface area contributed by atoms with Crippen molar-refractivity contribution in [2.24, 2.45) is 0 Å². The van der Waals surface area contributed by atoms with E-state index in [9.17, 15) is 4.79 Å². The number of aromatic nitrogens is 2. The molecule has 4 rings (SSSR count). The van der Waals surface area contributed by atoms with Gasteiger partial charge in [0.15, 0.2) is 11.5 Å². The highest BCUT2D eigenvalue weighted by Crippen LogP contribution is 2.39. The minimum Gasteiger partial charge on any atom is -0.493 e. The summed E-state index contributed by atoms with van der Waals surface area (Å²) in [7, 11) is 4.55. The van der Waals surface area contributed by atoms with Crippen LogP contribution in [0.15, 0.2) is 48.0 Å². The van der Waals surface area contributed by atoms with Crippen molar-refractivity contribution < 1.29 is 19.0 Å². The van der Waals surface area contributed by atoms with Crippen molar-refractivity contribution in [1.29, 1.82) is 0 Å². The van der Waals surface area contributed by atoms with E-state index in [-0.39, 0.29) is 5.78 Å². The van der Waals surface area contributed by atoms with E-state index < -0.39 is 0 Å². The van der Waals surface area contributed by atoms with Crippen LogP contribution >= 0.6 is 11.3 Å². The van der Waals surface area contributed by atoms with E-state index in [0.29, 0.717) is 34.3 Å². The van der Waals surface area contributed by atoms with Crippen LogP contribution in [0.5, 0.6) is 17.2 Å². The maximum absolute atomic E-state index is 13.0. The van der Waals surface area contributed by atoms with E-state index in [1.807, 2.05) is 23.6 Å². The second kappa shape index (κ2) is 7.36. The Morgan fingerprint density at radius 1 is 1.04 bits per heavy atom. The lowest BCUT2D eigenvalue weighted by atomic mass is 10.1. The SMILES string of the molecule is COc1cc(C(=O)c2cnc(-c3csc4ccccc34)[nH]2)cc(OC)c1OC. The number of rotatable bonds is 6. The maximum Gasteiger partial charge on any atom is 0.211 e. The summed E-state index contributed by atoms with van der Waals surface area (Å²) < 4.78 is 17.2. The number of hydrogen-bond acceptors (Lipinski definition) is 6. The fourth-order valence-corrected chi connectivity index (χ4v) is 4.05. The van der Waals surface area contributed by atoms with Crippen LogP contribution in [-0.2, 0) is 0 Å². The maximum atomic E-state index is 13.0. The summed E-state index contributed by atoms with van der Waals surface area (Å²) in [6.45, 7) is 0. The van der Waals surface area contributed by atoms with Crippen LogP contribution in [0.1, 0.15) is 16.1 Å². The number of methoxy groups -OCH3 is 3. The highest BCUT2D eigenvalue weighted by Gasteiger charge is 2.20. The molecular formula is C21H18N2O4S. The zero-order valence-corrected chi connectivity index (χ0v) is 16.4. The first-order chi connectivity index (χ1) is 13.7. The number of carbonyl (C=O) groups excluding carboxylic acids is 1. The second-order valence-electron chi connectivity index (χ2n) is 6.03. The Bertz CT molecular complexity index is 1140. The second-order valence-corrected chi connectivity index (χ2v) is 6.95. The number of thiophene rings is 1. The number of fused-ring (bicyclic) bond motifs is 1. The first-order valence-corrected chi connectivity index (χ1v) is 9.40. The quantitative estimate of drug-likeness (QED) is 0.486. The number of ketones is 1. The molecule has 4 aromatic rings. The van der Waals surface area contributed by atoms with E-state index in [1.165, 1.54) is 26.0 Å². The summed E-state index contributed by atoms with van der Waals surface area (Å²) in [5.41, 5.74) is 1.78. The molecule has 0 aliphatic carbocycles. The smallest absolute Gasteiger partial charge is 0.211 e. The van der Waals surface area contributed by atoms with Gasteiger partial charge in [-0.15, -0.1) is 11.3 Å². The lowest BCUT2D eigenvalue weighted by molar-refractivity contribution is 0.103. The van der Waals surface area contributed by atoms with Gasteiger partial charge in [0, 0.05) is 26.6 Å². The van der Waals surface area contributed by atoms with Gasteiger partial charge in [-0.3, -0.25) is 4.79 Å². The van der Waals surface area contributed by atoms with Crippen molar-refractivity contribution in [2.75, 3.05) is 21.3 Å². The molecule has 0 unspecified atom stereocenters. The van der Waals surface area contributed by atoms with Gasteiger partial charge < -0.3 is 19.2 Å². The zero-order valence-electron chi connectivity index (χ0n) is 15.6. The number of nitrogens with zero attached hydrogens (tertiary/aromatic N) is 1. The van der Waals surface area contributed by atoms with Gasteiger partial charge in [-0.25, -0.2) is 4.98 Å². The minimum absolute atomic E-state index is 0.211. The number of carbonyl (C=O) groups is 1. The van der Waals surface area contributed by atoms with Crippen molar-refractivity contribution in [2.45, 2.75) is 0 Å². The molecule has 0 atom stereocenters. The number of imidazole rings is 1. The Balaban J connectivity index is 1.72. The van der Waals surface area contributed by atoms with Gasteiger partial charge in [-0.2, -0.15) is 0 Å². The molecule has 2 aromatic carbocycles. The molecular weight excluding hydrogens is 376 g/mol. The molecule has 7 heteroatoms. The molecule has 0 aliphatic heterocycles. The van der Waals surface area contributed by atoms with E-state index in [2.05, 4.69) is 16.0 Å². The highest BCUT2D eigenvalue weighted by molar-refractivity contribution is 7.17. The predicted octanol–water partition coefficient (Wildman–Crippen LogP) is 4.55. The summed E-state index contributed by atoms with van der Waals surface area (Å²) in [5.74, 6) is 1.74. The van der Waals surface area contributed by atoms with Crippen molar-refractivity contribution in [3.05, 3.63) is 59.2 Å². The van der Waals surface area contributed by atoms with Gasteiger partial charge in [0.1, 0.15) is 11.5 Å². The average Bonchev–Trinajstić information content (AvgIpc) is 3.38. The third-order valence-corrected chi connectivity index (χ3v) is 5.45. The number of hydrogen-bond donors (Lipinski definition) is 1. The Kier molecular flexibility index (Phi) is 4.75. The topological polar surface area (TPSA) is 73.4 Å². The van der Waals surface area contributed by atoms with Crippen LogP contribution in [0, 0.1) is 0 Å². The first-order valence-electron chi connectivity index (χ1n) is 8.52. The van der Waals surface area contributed by atoms with Gasteiger partial charge in [0.25, 0.3) is 0 Å². The Morgan fingerprint density at radius 2 is 1.75 bits per heavy atom. The summed E-state index contributed by atoms with van der Waals surface area (Å²) in [6.07, 6.45) is 1.55. The van der Waals surface area contributed by atoms with Crippen molar-refractivity contribution in [3.63, 3.8) is 0 Å². The van der Waals surface area contributed by atoms with Gasteiger partial charge in [0.05, 0.1) is 27.5 Å². The molecule has 2 aromatic heterocycles. The number of H-pyrrole nitrogens is 1. The van der Waals surface area contributed by atoms with Crippen LogP contribution in [0.2, 0.25) is 0 Å². The number of benzene rings is 2. The molecule has 0 bridgehead atoms. The molecule has 0 spiro atoms. The minimum atomic E-state index is -0.211. The monoisotopic (exact) mass is 394 g/mol. The van der Waals surface area contributed by atoms with Crippen molar-refractivity contribution in [1.82, 2.24) is 9.97 Å². The van der Waals surface area contributed by atoms with E-state index in [0.717, 1.165) is 10.9 Å².